The van der Waals surface area contributed by atoms with Crippen molar-refractivity contribution in [3.05, 3.63) is 82.9 Å². The van der Waals surface area contributed by atoms with Gasteiger partial charge in [0, 0.05) is 49.2 Å². The van der Waals surface area contributed by atoms with Gasteiger partial charge in [-0.05, 0) is 56.0 Å². The van der Waals surface area contributed by atoms with Gasteiger partial charge < -0.3 is 0 Å². The number of pyridine rings is 1. The van der Waals surface area contributed by atoms with Crippen LogP contribution in [0.25, 0.3) is 0 Å². The second-order valence-corrected chi connectivity index (χ2v) is 8.24. The Morgan fingerprint density at radius 1 is 1.06 bits per heavy atom. The van der Waals surface area contributed by atoms with E-state index in [1.807, 2.05) is 23.0 Å². The van der Waals surface area contributed by atoms with Gasteiger partial charge in [-0.3, -0.25) is 14.6 Å². The number of halogens is 3. The largest absolute Gasteiger partial charge is 0.416 e. The van der Waals surface area contributed by atoms with Crippen molar-refractivity contribution in [2.75, 3.05) is 13.1 Å². The van der Waals surface area contributed by atoms with E-state index in [1.165, 1.54) is 17.7 Å². The van der Waals surface area contributed by atoms with Gasteiger partial charge >= 0.3 is 6.18 Å². The summed E-state index contributed by atoms with van der Waals surface area (Å²) in [5.74, 6) is 0.373. The molecule has 7 heteroatoms. The zero-order chi connectivity index (χ0) is 21.8. The molecule has 3 aromatic rings. The van der Waals surface area contributed by atoms with Crippen LogP contribution >= 0.6 is 0 Å². The zero-order valence-electron chi connectivity index (χ0n) is 17.6. The van der Waals surface area contributed by atoms with E-state index in [0.717, 1.165) is 56.3 Å². The molecule has 1 aromatic carbocycles. The van der Waals surface area contributed by atoms with Crippen molar-refractivity contribution >= 4 is 0 Å². The molecule has 1 saturated heterocycles. The van der Waals surface area contributed by atoms with Crippen LogP contribution in [0, 0.1) is 0 Å². The molecular formula is C24H27F3N4. The highest BCUT2D eigenvalue weighted by Crippen LogP contribution is 2.30. The minimum absolute atomic E-state index is 0.373. The molecule has 0 amide bonds. The summed E-state index contributed by atoms with van der Waals surface area (Å²) >= 11 is 0. The fourth-order valence-corrected chi connectivity index (χ4v) is 4.24. The first kappa shape index (κ1) is 21.6. The number of alkyl halides is 3. The van der Waals surface area contributed by atoms with Crippen molar-refractivity contribution in [3.8, 4) is 0 Å². The lowest BCUT2D eigenvalue weighted by atomic mass is 9.93. The molecule has 0 N–H and O–H groups in total. The Labute approximate surface area is 180 Å². The van der Waals surface area contributed by atoms with E-state index in [-0.39, 0.29) is 0 Å². The molecule has 1 fully saturated rings. The minimum atomic E-state index is -4.32. The number of rotatable bonds is 6. The standard InChI is InChI=1S/C24H27F3N4/c1-2-31-16-20(14-29-31)15-30-10-4-6-21(17-30)23-9-8-19(13-28-23)11-18-5-3-7-22(12-18)24(25,26)27/h3,5,7-9,12-14,16,21H,2,4,6,10-11,15,17H2,1H3/t21-/m0/s1. The number of nitrogens with zero attached hydrogens (tertiary/aromatic N) is 4. The molecule has 1 atom stereocenters. The van der Waals surface area contributed by atoms with Crippen molar-refractivity contribution in [2.24, 2.45) is 0 Å². The van der Waals surface area contributed by atoms with Gasteiger partial charge in [-0.25, -0.2) is 0 Å². The fraction of sp³-hybridized carbons (Fsp3) is 0.417. The molecule has 1 aliphatic rings. The molecule has 0 saturated carbocycles. The van der Waals surface area contributed by atoms with Gasteiger partial charge in [0.15, 0.2) is 0 Å². The number of likely N-dealkylation sites (tertiary alicyclic amines) is 1. The monoisotopic (exact) mass is 428 g/mol. The molecule has 3 heterocycles. The Morgan fingerprint density at radius 3 is 2.65 bits per heavy atom. The molecule has 0 spiro atoms. The predicted octanol–water partition coefficient (Wildman–Crippen LogP) is 5.29. The Morgan fingerprint density at radius 2 is 1.94 bits per heavy atom. The first-order valence-electron chi connectivity index (χ1n) is 10.8. The topological polar surface area (TPSA) is 34.0 Å². The van der Waals surface area contributed by atoms with Crippen molar-refractivity contribution < 1.29 is 13.2 Å². The van der Waals surface area contributed by atoms with Crippen LogP contribution in [0.4, 0.5) is 13.2 Å². The zero-order valence-corrected chi connectivity index (χ0v) is 17.6. The molecule has 31 heavy (non-hydrogen) atoms. The quantitative estimate of drug-likeness (QED) is 0.535. The number of benzene rings is 1. The maximum absolute atomic E-state index is 12.9. The summed E-state index contributed by atoms with van der Waals surface area (Å²) in [6.45, 7) is 5.87. The van der Waals surface area contributed by atoms with Crippen molar-refractivity contribution in [1.29, 1.82) is 0 Å². The number of aromatic nitrogens is 3. The van der Waals surface area contributed by atoms with E-state index >= 15 is 0 Å². The Hall–Kier alpha value is -2.67. The Bertz CT molecular complexity index is 995. The second-order valence-electron chi connectivity index (χ2n) is 8.24. The molecule has 164 valence electrons. The minimum Gasteiger partial charge on any atom is -0.298 e. The fourth-order valence-electron chi connectivity index (χ4n) is 4.24. The maximum atomic E-state index is 12.9. The molecule has 0 bridgehead atoms. The summed E-state index contributed by atoms with van der Waals surface area (Å²) < 4.78 is 40.7. The number of aryl methyl sites for hydroxylation is 1. The van der Waals surface area contributed by atoms with Crippen LogP contribution in [0.2, 0.25) is 0 Å². The van der Waals surface area contributed by atoms with Crippen molar-refractivity contribution in [3.63, 3.8) is 0 Å². The van der Waals surface area contributed by atoms with Gasteiger partial charge in [0.2, 0.25) is 0 Å². The van der Waals surface area contributed by atoms with E-state index < -0.39 is 11.7 Å². The highest BCUT2D eigenvalue weighted by molar-refractivity contribution is 5.30. The maximum Gasteiger partial charge on any atom is 0.416 e. The molecule has 2 aromatic heterocycles. The van der Waals surface area contributed by atoms with Crippen LogP contribution < -0.4 is 0 Å². The molecule has 0 radical (unpaired) electrons. The lowest BCUT2D eigenvalue weighted by Gasteiger charge is -2.32. The Kier molecular flexibility index (Phi) is 6.41. The molecule has 1 aliphatic heterocycles. The predicted molar refractivity (Wildman–Crippen MR) is 114 cm³/mol. The van der Waals surface area contributed by atoms with Gasteiger partial charge in [0.1, 0.15) is 0 Å². The van der Waals surface area contributed by atoms with Crippen LogP contribution in [0.5, 0.6) is 0 Å². The third-order valence-electron chi connectivity index (χ3n) is 5.85. The van der Waals surface area contributed by atoms with Crippen LogP contribution in [0.15, 0.2) is 55.0 Å². The summed E-state index contributed by atoms with van der Waals surface area (Å²) in [5, 5.41) is 4.36. The van der Waals surface area contributed by atoms with Crippen molar-refractivity contribution in [1.82, 2.24) is 19.7 Å². The number of piperidine rings is 1. The third kappa shape index (κ3) is 5.53. The van der Waals surface area contributed by atoms with Crippen LogP contribution in [0.3, 0.4) is 0 Å². The lowest BCUT2D eigenvalue weighted by Crippen LogP contribution is -2.34. The summed E-state index contributed by atoms with van der Waals surface area (Å²) in [6.07, 6.45) is 4.19. The molecular weight excluding hydrogens is 401 g/mol. The number of hydrogen-bond acceptors (Lipinski definition) is 3. The van der Waals surface area contributed by atoms with Gasteiger partial charge in [-0.1, -0.05) is 24.3 Å². The third-order valence-corrected chi connectivity index (χ3v) is 5.85. The second kappa shape index (κ2) is 9.22. The van der Waals surface area contributed by atoms with Gasteiger partial charge in [0.05, 0.1) is 11.8 Å². The Balaban J connectivity index is 1.38. The summed E-state index contributed by atoms with van der Waals surface area (Å²) in [4.78, 5) is 7.11. The van der Waals surface area contributed by atoms with E-state index in [9.17, 15) is 13.2 Å². The highest BCUT2D eigenvalue weighted by atomic mass is 19.4. The van der Waals surface area contributed by atoms with E-state index in [0.29, 0.717) is 17.9 Å². The van der Waals surface area contributed by atoms with Crippen LogP contribution in [-0.4, -0.2) is 32.8 Å². The highest BCUT2D eigenvalue weighted by Gasteiger charge is 2.30. The first-order chi connectivity index (χ1) is 14.9. The number of hydrogen-bond donors (Lipinski definition) is 0. The van der Waals surface area contributed by atoms with E-state index in [1.54, 1.807) is 12.3 Å². The van der Waals surface area contributed by atoms with Crippen LogP contribution in [0.1, 0.15) is 53.6 Å². The van der Waals surface area contributed by atoms with Gasteiger partial charge in [-0.15, -0.1) is 0 Å². The average Bonchev–Trinajstić information content (AvgIpc) is 3.22. The van der Waals surface area contributed by atoms with Crippen molar-refractivity contribution in [2.45, 2.75) is 51.4 Å². The van der Waals surface area contributed by atoms with E-state index in [4.69, 9.17) is 0 Å². The van der Waals surface area contributed by atoms with Gasteiger partial charge in [-0.2, -0.15) is 18.3 Å². The molecule has 0 unspecified atom stereocenters. The summed E-state index contributed by atoms with van der Waals surface area (Å²) in [5.41, 5.74) is 3.23. The summed E-state index contributed by atoms with van der Waals surface area (Å²) in [6, 6.07) is 9.53. The lowest BCUT2D eigenvalue weighted by molar-refractivity contribution is -0.137. The average molecular weight is 429 g/mol. The van der Waals surface area contributed by atoms with E-state index in [2.05, 4.69) is 28.1 Å². The molecule has 0 aliphatic carbocycles. The normalized spacial score (nSPS) is 17.7. The van der Waals surface area contributed by atoms with Gasteiger partial charge in [0.25, 0.3) is 0 Å². The SMILES string of the molecule is CCn1cc(CN2CCC[C@H](c3ccc(Cc4cccc(C(F)(F)F)c4)cn3)C2)cn1. The molecule has 4 rings (SSSR count). The van der Waals surface area contributed by atoms with Crippen LogP contribution in [-0.2, 0) is 25.7 Å². The molecule has 4 nitrogen and oxygen atoms in total. The smallest absolute Gasteiger partial charge is 0.298 e. The first-order valence-corrected chi connectivity index (χ1v) is 10.8. The summed E-state index contributed by atoms with van der Waals surface area (Å²) in [7, 11) is 0.